The number of halogens is 1. The van der Waals surface area contributed by atoms with Crippen LogP contribution in [0.15, 0.2) is 78.9 Å². The van der Waals surface area contributed by atoms with E-state index in [9.17, 15) is 14.0 Å². The molecule has 1 saturated heterocycles. The Kier molecular flexibility index (Phi) is 8.55. The second-order valence-corrected chi connectivity index (χ2v) is 8.33. The molecule has 0 spiro atoms. The smallest absolute Gasteiger partial charge is 0.251 e. The molecule has 0 aliphatic carbocycles. The van der Waals surface area contributed by atoms with Crippen LogP contribution in [0.25, 0.3) is 0 Å². The molecule has 3 aromatic rings. The van der Waals surface area contributed by atoms with Crippen molar-refractivity contribution in [3.05, 3.63) is 95.6 Å². The van der Waals surface area contributed by atoms with Crippen LogP contribution in [0.3, 0.4) is 0 Å². The molecular weight excluding hydrogens is 457 g/mol. The summed E-state index contributed by atoms with van der Waals surface area (Å²) in [7, 11) is 0. The molecule has 3 aromatic carbocycles. The van der Waals surface area contributed by atoms with Gasteiger partial charge < -0.3 is 19.9 Å². The van der Waals surface area contributed by atoms with Crippen LogP contribution in [-0.2, 0) is 11.4 Å². The number of carbonyl (C=O) groups is 2. The van der Waals surface area contributed by atoms with Crippen LogP contribution in [0.1, 0.15) is 21.5 Å². The molecule has 0 bridgehead atoms. The van der Waals surface area contributed by atoms with Gasteiger partial charge in [0.25, 0.3) is 5.91 Å². The minimum atomic E-state index is -0.713. The van der Waals surface area contributed by atoms with Crippen molar-refractivity contribution in [3.8, 4) is 17.6 Å². The van der Waals surface area contributed by atoms with Crippen LogP contribution in [0.2, 0.25) is 0 Å². The Morgan fingerprint density at radius 3 is 2.25 bits per heavy atom. The third kappa shape index (κ3) is 6.86. The normalized spacial score (nSPS) is 12.9. The first-order chi connectivity index (χ1) is 17.6. The van der Waals surface area contributed by atoms with Gasteiger partial charge in [0.05, 0.1) is 6.54 Å². The fourth-order valence-electron chi connectivity index (χ4n) is 3.92. The number of rotatable bonds is 7. The Bertz CT molecular complexity index is 1210. The second kappa shape index (κ2) is 12.4. The minimum absolute atomic E-state index is 0.0598. The van der Waals surface area contributed by atoms with E-state index in [2.05, 4.69) is 22.1 Å². The highest BCUT2D eigenvalue weighted by Gasteiger charge is 2.21. The van der Waals surface area contributed by atoms with Crippen molar-refractivity contribution in [2.45, 2.75) is 6.61 Å². The van der Waals surface area contributed by atoms with E-state index in [4.69, 9.17) is 4.74 Å². The summed E-state index contributed by atoms with van der Waals surface area (Å²) in [6.45, 7) is 2.35. The summed E-state index contributed by atoms with van der Waals surface area (Å²) in [5.41, 5.74) is 3.26. The maximum Gasteiger partial charge on any atom is 0.251 e. The Morgan fingerprint density at radius 1 is 0.889 bits per heavy atom. The molecule has 0 saturated carbocycles. The van der Waals surface area contributed by atoms with Gasteiger partial charge in [-0.1, -0.05) is 42.2 Å². The number of nitrogens with zero attached hydrogens (tertiary/aromatic N) is 2. The van der Waals surface area contributed by atoms with Crippen molar-refractivity contribution in [2.75, 3.05) is 44.3 Å². The summed E-state index contributed by atoms with van der Waals surface area (Å²) < 4.78 is 18.0. The molecule has 1 fully saturated rings. The van der Waals surface area contributed by atoms with E-state index in [0.717, 1.165) is 17.0 Å². The van der Waals surface area contributed by atoms with Crippen molar-refractivity contribution in [3.63, 3.8) is 0 Å². The third-order valence-corrected chi connectivity index (χ3v) is 5.93. The molecule has 36 heavy (non-hydrogen) atoms. The van der Waals surface area contributed by atoms with Crippen LogP contribution < -0.4 is 15.0 Å². The monoisotopic (exact) mass is 485 g/mol. The van der Waals surface area contributed by atoms with Gasteiger partial charge in [-0.25, -0.2) is 4.39 Å². The Labute approximate surface area is 210 Å². The van der Waals surface area contributed by atoms with Crippen LogP contribution >= 0.6 is 0 Å². The number of nitrogens with one attached hydrogen (secondary N) is 1. The summed E-state index contributed by atoms with van der Waals surface area (Å²) in [5.74, 6) is 5.37. The highest BCUT2D eigenvalue weighted by Crippen LogP contribution is 2.21. The van der Waals surface area contributed by atoms with E-state index in [1.54, 1.807) is 29.2 Å². The number of hydrogen-bond acceptors (Lipinski definition) is 4. The molecule has 0 unspecified atom stereocenters. The standard InChI is InChI=1S/C29H28FN3O3/c30-16-4-7-23-8-10-25(11-9-23)29(35)31-21-28(34)33-19-17-32(18-20-33)26-12-14-27(15-13-26)36-22-24-5-2-1-3-6-24/h1-3,5-6,8-15H,16-22H2,(H,31,35). The Balaban J connectivity index is 1.20. The molecule has 6 nitrogen and oxygen atoms in total. The topological polar surface area (TPSA) is 61.9 Å². The molecule has 1 aliphatic heterocycles. The number of alkyl halides is 1. The number of hydrogen-bond donors (Lipinski definition) is 1. The van der Waals surface area contributed by atoms with Gasteiger partial charge >= 0.3 is 0 Å². The summed E-state index contributed by atoms with van der Waals surface area (Å²) in [6.07, 6.45) is 0. The lowest BCUT2D eigenvalue weighted by atomic mass is 10.1. The van der Waals surface area contributed by atoms with Gasteiger partial charge in [-0.2, -0.15) is 0 Å². The van der Waals surface area contributed by atoms with Crippen LogP contribution in [0, 0.1) is 11.8 Å². The predicted octanol–water partition coefficient (Wildman–Crippen LogP) is 3.67. The fraction of sp³-hybridized carbons (Fsp3) is 0.241. The van der Waals surface area contributed by atoms with E-state index in [1.165, 1.54) is 0 Å². The number of benzene rings is 3. The minimum Gasteiger partial charge on any atom is -0.489 e. The van der Waals surface area contributed by atoms with Crippen molar-refractivity contribution < 1.29 is 18.7 Å². The third-order valence-electron chi connectivity index (χ3n) is 5.93. The molecule has 7 heteroatoms. The van der Waals surface area contributed by atoms with Gasteiger partial charge in [0.15, 0.2) is 6.67 Å². The van der Waals surface area contributed by atoms with Crippen molar-refractivity contribution >= 4 is 17.5 Å². The quantitative estimate of drug-likeness (QED) is 0.519. The largest absolute Gasteiger partial charge is 0.489 e. The lowest BCUT2D eigenvalue weighted by Crippen LogP contribution is -2.51. The SMILES string of the molecule is O=C(NCC(=O)N1CCN(c2ccc(OCc3ccccc3)cc2)CC1)c1ccc(C#CCF)cc1. The van der Waals surface area contributed by atoms with Gasteiger partial charge in [-0.3, -0.25) is 9.59 Å². The van der Waals surface area contributed by atoms with E-state index >= 15 is 0 Å². The molecule has 1 N–H and O–H groups in total. The summed E-state index contributed by atoms with van der Waals surface area (Å²) in [5, 5.41) is 2.68. The molecule has 184 valence electrons. The highest BCUT2D eigenvalue weighted by molar-refractivity contribution is 5.96. The Hall–Kier alpha value is -4.31. The average molecular weight is 486 g/mol. The maximum atomic E-state index is 12.6. The van der Waals surface area contributed by atoms with Crippen molar-refractivity contribution in [1.29, 1.82) is 0 Å². The summed E-state index contributed by atoms with van der Waals surface area (Å²) in [6, 6.07) is 24.6. The first kappa shape index (κ1) is 24.8. The number of ether oxygens (including phenoxy) is 1. The molecule has 1 heterocycles. The van der Waals surface area contributed by atoms with Gasteiger partial charge in [-0.15, -0.1) is 0 Å². The lowest BCUT2D eigenvalue weighted by molar-refractivity contribution is -0.130. The fourth-order valence-corrected chi connectivity index (χ4v) is 3.92. The van der Waals surface area contributed by atoms with Gasteiger partial charge in [0.2, 0.25) is 5.91 Å². The molecule has 2 amide bonds. The van der Waals surface area contributed by atoms with Crippen LogP contribution in [0.5, 0.6) is 5.75 Å². The van der Waals surface area contributed by atoms with Crippen LogP contribution in [0.4, 0.5) is 10.1 Å². The van der Waals surface area contributed by atoms with Gasteiger partial charge in [0, 0.05) is 43.0 Å². The zero-order valence-corrected chi connectivity index (χ0v) is 20.0. The molecular formula is C29H28FN3O3. The molecule has 0 atom stereocenters. The molecule has 0 aromatic heterocycles. The van der Waals surface area contributed by atoms with E-state index in [-0.39, 0.29) is 18.4 Å². The highest BCUT2D eigenvalue weighted by atomic mass is 19.1. The van der Waals surface area contributed by atoms with E-state index in [0.29, 0.717) is 43.9 Å². The predicted molar refractivity (Wildman–Crippen MR) is 138 cm³/mol. The molecule has 0 radical (unpaired) electrons. The molecule has 1 aliphatic rings. The van der Waals surface area contributed by atoms with E-state index in [1.807, 2.05) is 54.6 Å². The number of amides is 2. The number of anilines is 1. The van der Waals surface area contributed by atoms with Crippen molar-refractivity contribution in [1.82, 2.24) is 10.2 Å². The van der Waals surface area contributed by atoms with E-state index < -0.39 is 6.67 Å². The molecule has 4 rings (SSSR count). The number of carbonyl (C=O) groups excluding carboxylic acids is 2. The number of piperazine rings is 1. The van der Waals surface area contributed by atoms with Gasteiger partial charge in [0.1, 0.15) is 12.4 Å². The Morgan fingerprint density at radius 2 is 1.58 bits per heavy atom. The second-order valence-electron chi connectivity index (χ2n) is 8.33. The zero-order chi connectivity index (χ0) is 25.2. The maximum absolute atomic E-state index is 12.6. The first-order valence-corrected chi connectivity index (χ1v) is 11.8. The zero-order valence-electron chi connectivity index (χ0n) is 20.0. The average Bonchev–Trinajstić information content (AvgIpc) is 2.94. The van der Waals surface area contributed by atoms with Crippen LogP contribution in [-0.4, -0.2) is 56.1 Å². The summed E-state index contributed by atoms with van der Waals surface area (Å²) >= 11 is 0. The first-order valence-electron chi connectivity index (χ1n) is 11.8. The van der Waals surface area contributed by atoms with Crippen molar-refractivity contribution in [2.24, 2.45) is 0 Å². The van der Waals surface area contributed by atoms with Gasteiger partial charge in [-0.05, 0) is 54.1 Å². The lowest BCUT2D eigenvalue weighted by Gasteiger charge is -2.36. The summed E-state index contributed by atoms with van der Waals surface area (Å²) in [4.78, 5) is 29.0.